The van der Waals surface area contributed by atoms with Crippen LogP contribution < -0.4 is 5.32 Å². The van der Waals surface area contributed by atoms with E-state index < -0.39 is 22.0 Å². The van der Waals surface area contributed by atoms with E-state index in [2.05, 4.69) is 5.32 Å². The molecule has 2 aromatic rings. The molecular formula is C21H20ClN3O4S. The maximum Gasteiger partial charge on any atom is 0.243 e. The van der Waals surface area contributed by atoms with Gasteiger partial charge in [0.2, 0.25) is 15.9 Å². The van der Waals surface area contributed by atoms with E-state index in [0.29, 0.717) is 24.1 Å². The van der Waals surface area contributed by atoms with E-state index in [4.69, 9.17) is 16.9 Å². The Morgan fingerprint density at radius 1 is 1.17 bits per heavy atom. The number of ketones is 1. The lowest BCUT2D eigenvalue weighted by molar-refractivity contribution is -0.120. The number of nitriles is 1. The molecule has 0 bridgehead atoms. The predicted octanol–water partition coefficient (Wildman–Crippen LogP) is 3.60. The summed E-state index contributed by atoms with van der Waals surface area (Å²) in [6.07, 6.45) is 1.75. The van der Waals surface area contributed by atoms with E-state index in [1.807, 2.05) is 6.07 Å². The number of nitrogens with zero attached hydrogens (tertiary/aromatic N) is 2. The SMILES string of the molecule is CC(=O)c1ccc(S(=O)(=O)N2CCCCC2C(=O)Nc2ccc(Cl)c(C#N)c2)cc1. The minimum absolute atomic E-state index is 0.0328. The molecule has 0 aromatic heterocycles. The Bertz CT molecular complexity index is 1120. The number of piperidine rings is 1. The molecule has 156 valence electrons. The van der Waals surface area contributed by atoms with E-state index in [0.717, 1.165) is 6.42 Å². The van der Waals surface area contributed by atoms with Crippen LogP contribution in [0, 0.1) is 11.3 Å². The summed E-state index contributed by atoms with van der Waals surface area (Å²) in [5, 5.41) is 12.1. The standard InChI is InChI=1S/C21H20ClN3O4S/c1-14(26)15-5-8-18(9-6-15)30(28,29)25-11-3-2-4-20(25)21(27)24-17-7-10-19(22)16(12-17)13-23/h5-10,12,20H,2-4,11H2,1H3,(H,24,27). The fourth-order valence-corrected chi connectivity index (χ4v) is 5.18. The van der Waals surface area contributed by atoms with Gasteiger partial charge in [-0.15, -0.1) is 0 Å². The highest BCUT2D eigenvalue weighted by molar-refractivity contribution is 7.89. The lowest BCUT2D eigenvalue weighted by atomic mass is 10.0. The fraction of sp³-hybridized carbons (Fsp3) is 0.286. The van der Waals surface area contributed by atoms with Gasteiger partial charge in [0.05, 0.1) is 15.5 Å². The van der Waals surface area contributed by atoms with Gasteiger partial charge in [0.15, 0.2) is 5.78 Å². The first-order valence-corrected chi connectivity index (χ1v) is 11.2. The topological polar surface area (TPSA) is 107 Å². The second kappa shape index (κ2) is 8.96. The molecule has 0 saturated carbocycles. The van der Waals surface area contributed by atoms with Crippen LogP contribution in [-0.2, 0) is 14.8 Å². The molecule has 1 saturated heterocycles. The molecule has 7 nitrogen and oxygen atoms in total. The number of carbonyl (C=O) groups excluding carboxylic acids is 2. The fourth-order valence-electron chi connectivity index (χ4n) is 3.37. The van der Waals surface area contributed by atoms with Crippen LogP contribution in [-0.4, -0.2) is 37.0 Å². The summed E-state index contributed by atoms with van der Waals surface area (Å²) in [5.74, 6) is -0.626. The summed E-state index contributed by atoms with van der Waals surface area (Å²) in [5.41, 5.74) is 1.00. The zero-order valence-electron chi connectivity index (χ0n) is 16.3. The number of amides is 1. The van der Waals surface area contributed by atoms with Gasteiger partial charge in [-0.3, -0.25) is 9.59 Å². The summed E-state index contributed by atoms with van der Waals surface area (Å²) < 4.78 is 27.6. The Labute approximate surface area is 180 Å². The third-order valence-electron chi connectivity index (χ3n) is 4.98. The van der Waals surface area contributed by atoms with Crippen molar-refractivity contribution in [1.29, 1.82) is 5.26 Å². The number of hydrogen-bond acceptors (Lipinski definition) is 5. The third kappa shape index (κ3) is 4.54. The van der Waals surface area contributed by atoms with Gasteiger partial charge in [-0.2, -0.15) is 9.57 Å². The number of Topliss-reactive ketones (excluding diaryl/α,β-unsaturated/α-hetero) is 1. The number of halogens is 1. The van der Waals surface area contributed by atoms with E-state index in [9.17, 15) is 18.0 Å². The van der Waals surface area contributed by atoms with Gasteiger partial charge >= 0.3 is 0 Å². The van der Waals surface area contributed by atoms with Crippen molar-refractivity contribution in [3.05, 3.63) is 58.6 Å². The minimum atomic E-state index is -3.92. The highest BCUT2D eigenvalue weighted by Gasteiger charge is 2.37. The van der Waals surface area contributed by atoms with Crippen molar-refractivity contribution in [3.8, 4) is 6.07 Å². The van der Waals surface area contributed by atoms with E-state index in [1.54, 1.807) is 6.07 Å². The summed E-state index contributed by atoms with van der Waals surface area (Å²) in [6.45, 7) is 1.63. The van der Waals surface area contributed by atoms with Gasteiger partial charge in [0, 0.05) is 17.8 Å². The molecule has 0 spiro atoms. The van der Waals surface area contributed by atoms with Crippen molar-refractivity contribution in [3.63, 3.8) is 0 Å². The zero-order chi connectivity index (χ0) is 21.9. The molecular weight excluding hydrogens is 426 g/mol. The Morgan fingerprint density at radius 3 is 2.50 bits per heavy atom. The van der Waals surface area contributed by atoms with Crippen LogP contribution in [0.2, 0.25) is 5.02 Å². The highest BCUT2D eigenvalue weighted by atomic mass is 35.5. The first-order chi connectivity index (χ1) is 14.2. The molecule has 1 N–H and O–H groups in total. The lowest BCUT2D eigenvalue weighted by Crippen LogP contribution is -2.49. The highest BCUT2D eigenvalue weighted by Crippen LogP contribution is 2.27. The molecule has 0 radical (unpaired) electrons. The van der Waals surface area contributed by atoms with Gasteiger partial charge in [-0.05, 0) is 50.1 Å². The monoisotopic (exact) mass is 445 g/mol. The van der Waals surface area contributed by atoms with E-state index in [1.165, 1.54) is 47.6 Å². The van der Waals surface area contributed by atoms with Gasteiger partial charge in [-0.1, -0.05) is 30.2 Å². The predicted molar refractivity (Wildman–Crippen MR) is 113 cm³/mol. The molecule has 0 aliphatic carbocycles. The molecule has 2 aromatic carbocycles. The summed E-state index contributed by atoms with van der Waals surface area (Å²) >= 11 is 5.92. The number of rotatable bonds is 5. The van der Waals surface area contributed by atoms with Crippen molar-refractivity contribution in [1.82, 2.24) is 4.31 Å². The number of carbonyl (C=O) groups is 2. The van der Waals surface area contributed by atoms with Crippen molar-refractivity contribution < 1.29 is 18.0 Å². The molecule has 3 rings (SSSR count). The van der Waals surface area contributed by atoms with Gasteiger partial charge in [0.1, 0.15) is 12.1 Å². The van der Waals surface area contributed by atoms with Crippen molar-refractivity contribution in [2.75, 3.05) is 11.9 Å². The van der Waals surface area contributed by atoms with Crippen molar-refractivity contribution >= 4 is 39.0 Å². The summed E-state index contributed by atoms with van der Waals surface area (Å²) in [4.78, 5) is 24.4. The molecule has 1 aliphatic rings. The maximum absolute atomic E-state index is 13.2. The van der Waals surface area contributed by atoms with E-state index >= 15 is 0 Å². The second-order valence-electron chi connectivity index (χ2n) is 7.00. The number of benzene rings is 2. The normalized spacial score (nSPS) is 17.2. The third-order valence-corrected chi connectivity index (χ3v) is 7.23. The average molecular weight is 446 g/mol. The minimum Gasteiger partial charge on any atom is -0.325 e. The molecule has 1 unspecified atom stereocenters. The second-order valence-corrected chi connectivity index (χ2v) is 9.30. The van der Waals surface area contributed by atoms with Crippen LogP contribution in [0.25, 0.3) is 0 Å². The molecule has 30 heavy (non-hydrogen) atoms. The summed E-state index contributed by atoms with van der Waals surface area (Å²) in [6, 6.07) is 11.3. The molecule has 1 atom stereocenters. The van der Waals surface area contributed by atoms with Crippen molar-refractivity contribution in [2.45, 2.75) is 37.1 Å². The summed E-state index contributed by atoms with van der Waals surface area (Å²) in [7, 11) is -3.92. The molecule has 1 fully saturated rings. The largest absolute Gasteiger partial charge is 0.325 e. The number of sulfonamides is 1. The quantitative estimate of drug-likeness (QED) is 0.707. The van der Waals surface area contributed by atoms with Crippen LogP contribution >= 0.6 is 11.6 Å². The van der Waals surface area contributed by atoms with Crippen LogP contribution in [0.3, 0.4) is 0 Å². The lowest BCUT2D eigenvalue weighted by Gasteiger charge is -2.33. The average Bonchev–Trinajstić information content (AvgIpc) is 2.75. The van der Waals surface area contributed by atoms with Crippen LogP contribution in [0.5, 0.6) is 0 Å². The zero-order valence-corrected chi connectivity index (χ0v) is 17.8. The number of nitrogens with one attached hydrogen (secondary N) is 1. The molecule has 9 heteroatoms. The van der Waals surface area contributed by atoms with Crippen molar-refractivity contribution in [2.24, 2.45) is 0 Å². The molecule has 1 aliphatic heterocycles. The van der Waals surface area contributed by atoms with Gasteiger partial charge < -0.3 is 5.32 Å². The van der Waals surface area contributed by atoms with Gasteiger partial charge in [-0.25, -0.2) is 8.42 Å². The van der Waals surface area contributed by atoms with Gasteiger partial charge in [0.25, 0.3) is 0 Å². The smallest absolute Gasteiger partial charge is 0.243 e. The number of hydrogen-bond donors (Lipinski definition) is 1. The van der Waals surface area contributed by atoms with Crippen LogP contribution in [0.4, 0.5) is 5.69 Å². The Kier molecular flexibility index (Phi) is 6.56. The first kappa shape index (κ1) is 22.0. The molecule has 1 heterocycles. The first-order valence-electron chi connectivity index (χ1n) is 9.37. The van der Waals surface area contributed by atoms with E-state index in [-0.39, 0.29) is 27.8 Å². The Hall–Kier alpha value is -2.73. The molecule has 1 amide bonds. The maximum atomic E-state index is 13.2. The van der Waals surface area contributed by atoms with Crippen LogP contribution in [0.1, 0.15) is 42.1 Å². The van der Waals surface area contributed by atoms with Crippen LogP contribution in [0.15, 0.2) is 47.4 Å². The Morgan fingerprint density at radius 2 is 1.87 bits per heavy atom. The Balaban J connectivity index is 1.85. The number of anilines is 1.